The highest BCUT2D eigenvalue weighted by Crippen LogP contribution is 2.23. The Bertz CT molecular complexity index is 589. The monoisotopic (exact) mass is 341 g/mol. The standard InChI is InChI=1S/C21H31N3O/c25-21-20-8-3-2-7-18(20)17-24(21)14-6-11-22-15-9-19(10-16-22)23-12-4-1-5-13-23/h2-3,7-8,19H,1,4-6,9-17H2. The number of hydrogen-bond acceptors (Lipinski definition) is 3. The molecule has 1 aromatic carbocycles. The van der Waals surface area contributed by atoms with Crippen molar-refractivity contribution in [3.63, 3.8) is 0 Å². The minimum absolute atomic E-state index is 0.222. The summed E-state index contributed by atoms with van der Waals surface area (Å²) in [5.74, 6) is 0.222. The van der Waals surface area contributed by atoms with Crippen molar-refractivity contribution in [3.8, 4) is 0 Å². The van der Waals surface area contributed by atoms with Crippen LogP contribution in [0, 0.1) is 0 Å². The molecule has 0 aromatic heterocycles. The summed E-state index contributed by atoms with van der Waals surface area (Å²) in [6.45, 7) is 7.92. The van der Waals surface area contributed by atoms with E-state index in [0.29, 0.717) is 0 Å². The molecule has 3 heterocycles. The lowest BCUT2D eigenvalue weighted by Crippen LogP contribution is -2.47. The lowest BCUT2D eigenvalue weighted by atomic mass is 10.00. The van der Waals surface area contributed by atoms with Gasteiger partial charge in [0.1, 0.15) is 0 Å². The van der Waals surface area contributed by atoms with Crippen LogP contribution >= 0.6 is 0 Å². The van der Waals surface area contributed by atoms with Gasteiger partial charge in [0.05, 0.1) is 0 Å². The molecule has 25 heavy (non-hydrogen) atoms. The fourth-order valence-corrected chi connectivity index (χ4v) is 4.77. The van der Waals surface area contributed by atoms with Crippen molar-refractivity contribution < 1.29 is 4.79 Å². The number of piperidine rings is 2. The third kappa shape index (κ3) is 3.90. The van der Waals surface area contributed by atoms with Crippen LogP contribution in [-0.2, 0) is 6.54 Å². The van der Waals surface area contributed by atoms with Crippen LogP contribution in [0.4, 0.5) is 0 Å². The Labute approximate surface area is 151 Å². The minimum atomic E-state index is 0.222. The third-order valence-electron chi connectivity index (χ3n) is 6.26. The van der Waals surface area contributed by atoms with Gasteiger partial charge in [0.25, 0.3) is 5.91 Å². The van der Waals surface area contributed by atoms with Crippen molar-refractivity contribution in [1.82, 2.24) is 14.7 Å². The largest absolute Gasteiger partial charge is 0.334 e. The molecule has 4 nitrogen and oxygen atoms in total. The van der Waals surface area contributed by atoms with Gasteiger partial charge in [-0.1, -0.05) is 24.6 Å². The van der Waals surface area contributed by atoms with E-state index in [1.165, 1.54) is 63.8 Å². The van der Waals surface area contributed by atoms with Gasteiger partial charge in [-0.15, -0.1) is 0 Å². The summed E-state index contributed by atoms with van der Waals surface area (Å²) in [5.41, 5.74) is 2.10. The molecule has 3 aliphatic rings. The van der Waals surface area contributed by atoms with Gasteiger partial charge in [0.15, 0.2) is 0 Å². The van der Waals surface area contributed by atoms with Crippen LogP contribution in [0.25, 0.3) is 0 Å². The Balaban J connectivity index is 1.17. The highest BCUT2D eigenvalue weighted by Gasteiger charge is 2.27. The van der Waals surface area contributed by atoms with Crippen LogP contribution in [0.15, 0.2) is 24.3 Å². The molecule has 0 atom stereocenters. The Kier molecular flexibility index (Phi) is 5.37. The van der Waals surface area contributed by atoms with E-state index in [-0.39, 0.29) is 5.91 Å². The predicted molar refractivity (Wildman–Crippen MR) is 101 cm³/mol. The summed E-state index contributed by atoms with van der Waals surface area (Å²) in [4.78, 5) is 19.8. The number of benzene rings is 1. The molecule has 0 radical (unpaired) electrons. The van der Waals surface area contributed by atoms with Crippen LogP contribution in [0.5, 0.6) is 0 Å². The molecule has 0 spiro atoms. The van der Waals surface area contributed by atoms with Crippen LogP contribution in [0.2, 0.25) is 0 Å². The first-order valence-electron chi connectivity index (χ1n) is 10.1. The van der Waals surface area contributed by atoms with Crippen LogP contribution < -0.4 is 0 Å². The molecule has 0 unspecified atom stereocenters. The second kappa shape index (κ2) is 7.88. The number of nitrogens with zero attached hydrogens (tertiary/aromatic N) is 3. The highest BCUT2D eigenvalue weighted by molar-refractivity contribution is 5.98. The number of carbonyl (C=O) groups excluding carboxylic acids is 1. The zero-order valence-corrected chi connectivity index (χ0v) is 15.3. The van der Waals surface area contributed by atoms with Gasteiger partial charge in [-0.2, -0.15) is 0 Å². The number of rotatable bonds is 5. The van der Waals surface area contributed by atoms with E-state index in [1.807, 2.05) is 23.1 Å². The number of fused-ring (bicyclic) bond motifs is 1. The average Bonchev–Trinajstić information content (AvgIpc) is 2.99. The molecule has 1 aromatic rings. The van der Waals surface area contributed by atoms with Gasteiger partial charge < -0.3 is 14.7 Å². The zero-order valence-electron chi connectivity index (χ0n) is 15.3. The first kappa shape index (κ1) is 17.0. The first-order chi connectivity index (χ1) is 12.3. The fraction of sp³-hybridized carbons (Fsp3) is 0.667. The normalized spacial score (nSPS) is 23.2. The maximum atomic E-state index is 12.4. The number of carbonyl (C=O) groups is 1. The molecule has 0 bridgehead atoms. The maximum Gasteiger partial charge on any atom is 0.254 e. The summed E-state index contributed by atoms with van der Waals surface area (Å²) in [6.07, 6.45) is 7.96. The molecule has 136 valence electrons. The van der Waals surface area contributed by atoms with Crippen molar-refractivity contribution in [2.24, 2.45) is 0 Å². The van der Waals surface area contributed by atoms with Gasteiger partial charge in [-0.25, -0.2) is 0 Å². The molecule has 4 rings (SSSR count). The number of amides is 1. The summed E-state index contributed by atoms with van der Waals surface area (Å²) in [6, 6.07) is 8.86. The van der Waals surface area contributed by atoms with E-state index >= 15 is 0 Å². The van der Waals surface area contributed by atoms with Gasteiger partial charge in [0.2, 0.25) is 0 Å². The van der Waals surface area contributed by atoms with Crippen LogP contribution in [-0.4, -0.2) is 65.9 Å². The lowest BCUT2D eigenvalue weighted by Gasteiger charge is -2.40. The second-order valence-corrected chi connectivity index (χ2v) is 7.91. The Morgan fingerprint density at radius 2 is 1.68 bits per heavy atom. The molecule has 2 fully saturated rings. The summed E-state index contributed by atoms with van der Waals surface area (Å²) >= 11 is 0. The van der Waals surface area contributed by atoms with E-state index in [2.05, 4.69) is 15.9 Å². The third-order valence-corrected chi connectivity index (χ3v) is 6.26. The number of likely N-dealkylation sites (tertiary alicyclic amines) is 2. The predicted octanol–water partition coefficient (Wildman–Crippen LogP) is 2.98. The first-order valence-corrected chi connectivity index (χ1v) is 10.1. The second-order valence-electron chi connectivity index (χ2n) is 7.91. The van der Waals surface area contributed by atoms with Gasteiger partial charge in [-0.3, -0.25) is 4.79 Å². The smallest absolute Gasteiger partial charge is 0.254 e. The Morgan fingerprint density at radius 1 is 0.920 bits per heavy atom. The SMILES string of the molecule is O=C1c2ccccc2CN1CCCN1CCC(N2CCCCC2)CC1. The van der Waals surface area contributed by atoms with Gasteiger partial charge in [-0.05, 0) is 76.5 Å². The molecule has 1 amide bonds. The Morgan fingerprint density at radius 3 is 2.44 bits per heavy atom. The van der Waals surface area contributed by atoms with Crippen LogP contribution in [0.1, 0.15) is 54.4 Å². The molecular formula is C21H31N3O. The molecule has 0 N–H and O–H groups in total. The van der Waals surface area contributed by atoms with Crippen molar-refractivity contribution in [2.75, 3.05) is 39.3 Å². The minimum Gasteiger partial charge on any atom is -0.334 e. The van der Waals surface area contributed by atoms with E-state index in [0.717, 1.165) is 37.7 Å². The Hall–Kier alpha value is -1.39. The molecule has 0 saturated carbocycles. The van der Waals surface area contributed by atoms with E-state index < -0.39 is 0 Å². The fourth-order valence-electron chi connectivity index (χ4n) is 4.77. The van der Waals surface area contributed by atoms with Crippen molar-refractivity contribution in [1.29, 1.82) is 0 Å². The molecule has 4 heteroatoms. The van der Waals surface area contributed by atoms with Gasteiger partial charge in [0, 0.05) is 24.7 Å². The molecule has 3 aliphatic heterocycles. The summed E-state index contributed by atoms with van der Waals surface area (Å²) in [7, 11) is 0. The quantitative estimate of drug-likeness (QED) is 0.824. The van der Waals surface area contributed by atoms with E-state index in [9.17, 15) is 4.79 Å². The maximum absolute atomic E-state index is 12.4. The molecular weight excluding hydrogens is 310 g/mol. The van der Waals surface area contributed by atoms with Crippen molar-refractivity contribution >= 4 is 5.91 Å². The van der Waals surface area contributed by atoms with E-state index in [1.54, 1.807) is 0 Å². The molecule has 0 aliphatic carbocycles. The summed E-state index contributed by atoms with van der Waals surface area (Å²) in [5, 5.41) is 0. The zero-order chi connectivity index (χ0) is 17.1. The summed E-state index contributed by atoms with van der Waals surface area (Å²) < 4.78 is 0. The lowest BCUT2D eigenvalue weighted by molar-refractivity contribution is 0.0749. The topological polar surface area (TPSA) is 26.8 Å². The highest BCUT2D eigenvalue weighted by atomic mass is 16.2. The average molecular weight is 341 g/mol. The van der Waals surface area contributed by atoms with E-state index in [4.69, 9.17) is 0 Å². The number of hydrogen-bond donors (Lipinski definition) is 0. The van der Waals surface area contributed by atoms with Crippen molar-refractivity contribution in [3.05, 3.63) is 35.4 Å². The van der Waals surface area contributed by atoms with Crippen LogP contribution in [0.3, 0.4) is 0 Å². The van der Waals surface area contributed by atoms with Gasteiger partial charge >= 0.3 is 0 Å². The molecule has 2 saturated heterocycles. The van der Waals surface area contributed by atoms with Crippen molar-refractivity contribution in [2.45, 2.75) is 51.1 Å².